The predicted octanol–water partition coefficient (Wildman–Crippen LogP) is 1.77. The molecule has 0 aromatic carbocycles. The van der Waals surface area contributed by atoms with Gasteiger partial charge < -0.3 is 5.43 Å². The molecule has 5 heteroatoms. The smallest absolute Gasteiger partial charge is 0.147 e. The van der Waals surface area contributed by atoms with Crippen molar-refractivity contribution in [1.29, 1.82) is 0 Å². The number of hydrazine groups is 1. The molecule has 2 aliphatic rings. The van der Waals surface area contributed by atoms with E-state index in [1.807, 2.05) is 26.8 Å². The first kappa shape index (κ1) is 14.0. The average Bonchev–Trinajstić information content (AvgIpc) is 2.43. The molecule has 15 heavy (non-hydrogen) atoms. The van der Waals surface area contributed by atoms with Crippen molar-refractivity contribution in [2.45, 2.75) is 33.4 Å². The van der Waals surface area contributed by atoms with Crippen LogP contribution in [0.5, 0.6) is 0 Å². The van der Waals surface area contributed by atoms with Gasteiger partial charge in [-0.05, 0) is 19.3 Å². The molecule has 0 amide bonds. The van der Waals surface area contributed by atoms with E-state index >= 15 is 0 Å². The molecule has 0 saturated carbocycles. The summed E-state index contributed by atoms with van der Waals surface area (Å²) in [4.78, 5) is 8.49. The lowest BCUT2D eigenvalue weighted by Gasteiger charge is -2.10. The maximum atomic E-state index is 4.30. The van der Waals surface area contributed by atoms with Crippen LogP contribution in [0.4, 0.5) is 0 Å². The molecule has 86 valence electrons. The minimum absolute atomic E-state index is 0.0810. The highest BCUT2D eigenvalue weighted by molar-refractivity contribution is 7.79. The molecule has 0 spiro atoms. The molecular formula is C10H20N4S. The summed E-state index contributed by atoms with van der Waals surface area (Å²) < 4.78 is 0. The van der Waals surface area contributed by atoms with Gasteiger partial charge in [0.2, 0.25) is 0 Å². The van der Waals surface area contributed by atoms with Gasteiger partial charge in [-0.3, -0.25) is 10.4 Å². The molecule has 2 rings (SSSR count). The SMILES string of the molecule is CC.CC1=NC2CC(=CC=N2)NN1.CS. The highest BCUT2D eigenvalue weighted by atomic mass is 32.1. The van der Waals surface area contributed by atoms with E-state index in [4.69, 9.17) is 0 Å². The number of fused-ring (bicyclic) bond motifs is 2. The van der Waals surface area contributed by atoms with Gasteiger partial charge in [-0.15, -0.1) is 0 Å². The van der Waals surface area contributed by atoms with Gasteiger partial charge >= 0.3 is 0 Å². The molecule has 1 unspecified atom stereocenters. The van der Waals surface area contributed by atoms with Crippen molar-refractivity contribution in [2.24, 2.45) is 9.98 Å². The third-order valence-corrected chi connectivity index (χ3v) is 1.68. The second kappa shape index (κ2) is 8.35. The molecule has 0 radical (unpaired) electrons. The van der Waals surface area contributed by atoms with Crippen LogP contribution >= 0.6 is 12.6 Å². The molecule has 2 aliphatic heterocycles. The van der Waals surface area contributed by atoms with Crippen LogP contribution in [-0.4, -0.2) is 24.5 Å². The Bertz CT molecular complexity index is 258. The molecule has 0 fully saturated rings. The quantitative estimate of drug-likeness (QED) is 0.553. The minimum atomic E-state index is 0.0810. The maximum absolute atomic E-state index is 4.30. The Morgan fingerprint density at radius 3 is 2.67 bits per heavy atom. The zero-order valence-electron chi connectivity index (χ0n) is 9.78. The highest BCUT2D eigenvalue weighted by Gasteiger charge is 2.14. The fraction of sp³-hybridized carbons (Fsp3) is 0.600. The Morgan fingerprint density at radius 1 is 1.33 bits per heavy atom. The van der Waals surface area contributed by atoms with E-state index in [1.54, 1.807) is 12.5 Å². The fourth-order valence-electron chi connectivity index (χ4n) is 1.15. The molecule has 1 atom stereocenters. The van der Waals surface area contributed by atoms with Crippen molar-refractivity contribution >= 4 is 24.7 Å². The van der Waals surface area contributed by atoms with Crippen LogP contribution in [0, 0.1) is 0 Å². The first-order valence-corrected chi connectivity index (χ1v) is 5.97. The van der Waals surface area contributed by atoms with Crippen molar-refractivity contribution in [2.75, 3.05) is 6.26 Å². The topological polar surface area (TPSA) is 48.8 Å². The molecule has 2 heterocycles. The largest absolute Gasteiger partial charge is 0.304 e. The summed E-state index contributed by atoms with van der Waals surface area (Å²) in [6.45, 7) is 5.92. The lowest BCUT2D eigenvalue weighted by Crippen LogP contribution is -2.33. The summed E-state index contributed by atoms with van der Waals surface area (Å²) in [7, 11) is 0. The summed E-state index contributed by atoms with van der Waals surface area (Å²) in [6.07, 6.45) is 6.40. The minimum Gasteiger partial charge on any atom is -0.304 e. The first-order chi connectivity index (χ1) is 7.34. The van der Waals surface area contributed by atoms with Crippen LogP contribution in [-0.2, 0) is 0 Å². The number of amidine groups is 1. The lowest BCUT2D eigenvalue weighted by atomic mass is 10.2. The van der Waals surface area contributed by atoms with Crippen LogP contribution in [0.3, 0.4) is 0 Å². The second-order valence-corrected chi connectivity index (χ2v) is 2.64. The van der Waals surface area contributed by atoms with Gasteiger partial charge in [0.1, 0.15) is 12.0 Å². The third-order valence-electron chi connectivity index (χ3n) is 1.68. The number of allylic oxidation sites excluding steroid dienone is 1. The van der Waals surface area contributed by atoms with E-state index in [0.29, 0.717) is 0 Å². The van der Waals surface area contributed by atoms with Crippen LogP contribution in [0.1, 0.15) is 27.2 Å². The van der Waals surface area contributed by atoms with Gasteiger partial charge in [-0.1, -0.05) is 13.8 Å². The van der Waals surface area contributed by atoms with Gasteiger partial charge in [0.25, 0.3) is 0 Å². The number of hydrogen-bond donors (Lipinski definition) is 3. The highest BCUT2D eigenvalue weighted by Crippen LogP contribution is 2.12. The fourth-order valence-corrected chi connectivity index (χ4v) is 1.15. The Kier molecular flexibility index (Phi) is 7.81. The maximum Gasteiger partial charge on any atom is 0.147 e. The van der Waals surface area contributed by atoms with Crippen LogP contribution < -0.4 is 10.9 Å². The number of aliphatic imine (C=N–C) groups is 2. The molecule has 0 aliphatic carbocycles. The van der Waals surface area contributed by atoms with Gasteiger partial charge in [0.05, 0.1) is 0 Å². The summed E-state index contributed by atoms with van der Waals surface area (Å²) in [6, 6.07) is 0. The van der Waals surface area contributed by atoms with Gasteiger partial charge in [0.15, 0.2) is 0 Å². The van der Waals surface area contributed by atoms with Crippen LogP contribution in [0.2, 0.25) is 0 Å². The Morgan fingerprint density at radius 2 is 2.00 bits per heavy atom. The summed E-state index contributed by atoms with van der Waals surface area (Å²) >= 11 is 3.53. The number of nitrogens with one attached hydrogen (secondary N) is 2. The van der Waals surface area contributed by atoms with Crippen LogP contribution in [0.15, 0.2) is 21.8 Å². The van der Waals surface area contributed by atoms with E-state index in [0.717, 1.165) is 18.0 Å². The predicted molar refractivity (Wildman–Crippen MR) is 70.6 cm³/mol. The van der Waals surface area contributed by atoms with Crippen molar-refractivity contribution in [1.82, 2.24) is 10.9 Å². The normalized spacial score (nSPS) is 21.0. The summed E-state index contributed by atoms with van der Waals surface area (Å²) in [5.41, 5.74) is 7.16. The Hall–Kier alpha value is -0.970. The van der Waals surface area contributed by atoms with Crippen molar-refractivity contribution in [3.05, 3.63) is 11.8 Å². The number of thiol groups is 1. The van der Waals surface area contributed by atoms with Crippen molar-refractivity contribution in [3.8, 4) is 0 Å². The molecular weight excluding hydrogens is 208 g/mol. The van der Waals surface area contributed by atoms with E-state index in [1.165, 1.54) is 0 Å². The zero-order valence-corrected chi connectivity index (χ0v) is 10.7. The van der Waals surface area contributed by atoms with Crippen LogP contribution in [0.25, 0.3) is 0 Å². The zero-order chi connectivity index (χ0) is 11.7. The first-order valence-electron chi connectivity index (χ1n) is 5.08. The monoisotopic (exact) mass is 228 g/mol. The van der Waals surface area contributed by atoms with E-state index in [2.05, 4.69) is 33.5 Å². The molecule has 2 bridgehead atoms. The number of nitrogens with zero attached hydrogens (tertiary/aromatic N) is 2. The summed E-state index contributed by atoms with van der Waals surface area (Å²) in [5.74, 6) is 0.887. The molecule has 0 aromatic rings. The Balaban J connectivity index is 0.000000442. The second-order valence-electron chi connectivity index (χ2n) is 2.64. The van der Waals surface area contributed by atoms with E-state index < -0.39 is 0 Å². The molecule has 0 saturated heterocycles. The number of hydrogen-bond acceptors (Lipinski definition) is 5. The van der Waals surface area contributed by atoms with E-state index in [9.17, 15) is 0 Å². The number of dihydropyridines is 1. The van der Waals surface area contributed by atoms with Gasteiger partial charge in [0, 0.05) is 18.3 Å². The van der Waals surface area contributed by atoms with E-state index in [-0.39, 0.29) is 6.17 Å². The third kappa shape index (κ3) is 4.88. The summed E-state index contributed by atoms with van der Waals surface area (Å²) in [5, 5.41) is 0. The molecule has 4 nitrogen and oxygen atoms in total. The number of rotatable bonds is 0. The Labute approximate surface area is 97.3 Å². The van der Waals surface area contributed by atoms with Gasteiger partial charge in [-0.25, -0.2) is 4.99 Å². The lowest BCUT2D eigenvalue weighted by molar-refractivity contribution is 0.663. The van der Waals surface area contributed by atoms with Crippen molar-refractivity contribution < 1.29 is 0 Å². The average molecular weight is 228 g/mol. The molecule has 2 N–H and O–H groups in total. The van der Waals surface area contributed by atoms with Crippen molar-refractivity contribution in [3.63, 3.8) is 0 Å². The molecule has 0 aromatic heterocycles. The van der Waals surface area contributed by atoms with Gasteiger partial charge in [-0.2, -0.15) is 12.6 Å². The standard InChI is InChI=1S/C7H10N4.C2H6.CH4S/c1-5-9-7-4-6(11-10-5)2-3-8-7;2*1-2/h2-3,7,11H,4H2,1H3,(H,9,10);1-2H3;2H,1H3.